The lowest BCUT2D eigenvalue weighted by Gasteiger charge is -2.14. The molecule has 2 N–H and O–H groups in total. The molecule has 0 aliphatic heterocycles. The van der Waals surface area contributed by atoms with Crippen molar-refractivity contribution < 1.29 is 42.1 Å². The summed E-state index contributed by atoms with van der Waals surface area (Å²) in [6, 6.07) is 12.0. The second-order valence-corrected chi connectivity index (χ2v) is 11.2. The molecule has 0 bridgehead atoms. The zero-order valence-corrected chi connectivity index (χ0v) is 26.1. The van der Waals surface area contributed by atoms with E-state index in [-0.39, 0.29) is 12.1 Å². The Morgan fingerprint density at radius 1 is 0.744 bits per heavy atom. The topological polar surface area (TPSA) is 102 Å². The van der Waals surface area contributed by atoms with Crippen molar-refractivity contribution in [2.24, 2.45) is 0 Å². The molecule has 2 rings (SSSR count). The first kappa shape index (κ1) is 37.5. The van der Waals surface area contributed by atoms with E-state index >= 15 is 0 Å². The first-order chi connectivity index (χ1) is 20.1. The number of halogens is 3. The van der Waals surface area contributed by atoms with Gasteiger partial charge in [0.05, 0.1) is 0 Å². The molecule has 2 aromatic rings. The van der Waals surface area contributed by atoms with Gasteiger partial charge in [-0.2, -0.15) is 13.2 Å². The van der Waals surface area contributed by atoms with E-state index in [1.807, 2.05) is 44.2 Å². The van der Waals surface area contributed by atoms with E-state index in [0.717, 1.165) is 67.2 Å². The van der Waals surface area contributed by atoms with E-state index in [0.29, 0.717) is 36.3 Å². The lowest BCUT2D eigenvalue weighted by Crippen LogP contribution is -2.28. The molecule has 0 unspecified atom stereocenters. The molecule has 0 saturated carbocycles. The smallest absolute Gasteiger partial charge is 0.475 e. The van der Waals surface area contributed by atoms with Crippen LogP contribution in [0.5, 0.6) is 11.5 Å². The van der Waals surface area contributed by atoms with E-state index in [4.69, 9.17) is 19.4 Å². The molecular weight excluding hydrogens is 563 g/mol. The molecule has 43 heavy (non-hydrogen) atoms. The number of nitrogens with one attached hydrogen (secondary N) is 1. The zero-order valence-electron chi connectivity index (χ0n) is 26.1. The molecule has 0 aromatic heterocycles. The number of carbonyl (C=O) groups excluding carboxylic acids is 2. The number of carboxylic acid groups (broad SMARTS) is 1. The van der Waals surface area contributed by atoms with Crippen molar-refractivity contribution in [3.8, 4) is 11.5 Å². The van der Waals surface area contributed by atoms with Crippen LogP contribution in [0.15, 0.2) is 36.4 Å². The lowest BCUT2D eigenvalue weighted by atomic mass is 10.0. The van der Waals surface area contributed by atoms with Gasteiger partial charge in [-0.25, -0.2) is 9.59 Å². The van der Waals surface area contributed by atoms with Crippen molar-refractivity contribution in [1.82, 2.24) is 5.32 Å². The van der Waals surface area contributed by atoms with E-state index in [2.05, 4.69) is 39.1 Å². The van der Waals surface area contributed by atoms with Gasteiger partial charge in [0, 0.05) is 13.0 Å². The Morgan fingerprint density at radius 3 is 1.60 bits per heavy atom. The molecule has 7 nitrogen and oxygen atoms in total. The number of esters is 1. The normalized spacial score (nSPS) is 11.1. The number of ether oxygens (including phenoxy) is 2. The van der Waals surface area contributed by atoms with Gasteiger partial charge in [-0.1, -0.05) is 84.1 Å². The molecule has 0 radical (unpaired) electrons. The van der Waals surface area contributed by atoms with E-state index < -0.39 is 12.1 Å². The van der Waals surface area contributed by atoms with Gasteiger partial charge in [0.25, 0.3) is 0 Å². The molecule has 1 amide bonds. The summed E-state index contributed by atoms with van der Waals surface area (Å²) in [4.78, 5) is 33.3. The first-order valence-corrected chi connectivity index (χ1v) is 14.8. The van der Waals surface area contributed by atoms with Crippen LogP contribution >= 0.6 is 0 Å². The number of aryl methyl sites for hydroxylation is 2. The van der Waals surface area contributed by atoms with E-state index in [9.17, 15) is 22.8 Å². The molecule has 0 heterocycles. The average Bonchev–Trinajstić information content (AvgIpc) is 2.89. The summed E-state index contributed by atoms with van der Waals surface area (Å²) in [5.74, 6) is -0.943. The number of rotatable bonds is 14. The molecule has 0 spiro atoms. The highest BCUT2D eigenvalue weighted by Gasteiger charge is 2.38. The second kappa shape index (κ2) is 18.9. The highest BCUT2D eigenvalue weighted by Crippen LogP contribution is 2.29. The third-order valence-electron chi connectivity index (χ3n) is 6.58. The maximum atomic E-state index is 12.3. The summed E-state index contributed by atoms with van der Waals surface area (Å²) < 4.78 is 42.9. The predicted molar refractivity (Wildman–Crippen MR) is 161 cm³/mol. The summed E-state index contributed by atoms with van der Waals surface area (Å²) in [6.45, 7) is 13.0. The van der Waals surface area contributed by atoms with Gasteiger partial charge >= 0.3 is 24.2 Å². The first-order valence-electron chi connectivity index (χ1n) is 14.8. The molecule has 2 aromatic carbocycles. The summed E-state index contributed by atoms with van der Waals surface area (Å²) in [6.07, 6.45) is 2.22. The largest absolute Gasteiger partial charge is 0.490 e. The average molecular weight is 610 g/mol. The highest BCUT2D eigenvalue weighted by molar-refractivity contribution is 5.73. The maximum Gasteiger partial charge on any atom is 0.490 e. The van der Waals surface area contributed by atoms with Crippen LogP contribution in [0.4, 0.5) is 18.0 Å². The van der Waals surface area contributed by atoms with Gasteiger partial charge < -0.3 is 19.9 Å². The molecular formula is C33H46F3NO6. The highest BCUT2D eigenvalue weighted by atomic mass is 19.4. The number of unbranched alkanes of at least 4 members (excludes halogenated alkanes) is 6. The minimum absolute atomic E-state index is 0.147. The Hall–Kier alpha value is -3.56. The third-order valence-corrected chi connectivity index (χ3v) is 6.58. The predicted octanol–water partition coefficient (Wildman–Crippen LogP) is 9.00. The van der Waals surface area contributed by atoms with E-state index in [1.165, 1.54) is 0 Å². The Kier molecular flexibility index (Phi) is 16.4. The van der Waals surface area contributed by atoms with Gasteiger partial charge in [0.15, 0.2) is 0 Å². The van der Waals surface area contributed by atoms with Crippen LogP contribution in [-0.2, 0) is 9.59 Å². The monoisotopic (exact) mass is 609 g/mol. The van der Waals surface area contributed by atoms with Crippen LogP contribution in [0.25, 0.3) is 0 Å². The number of carboxylic acids is 1. The minimum atomic E-state index is -5.08. The molecule has 0 aliphatic rings. The summed E-state index contributed by atoms with van der Waals surface area (Å²) in [5, 5.41) is 9.99. The summed E-state index contributed by atoms with van der Waals surface area (Å²) >= 11 is 0. The van der Waals surface area contributed by atoms with Crippen molar-refractivity contribution in [1.29, 1.82) is 0 Å². The fraction of sp³-hybridized carbons (Fsp3) is 0.545. The summed E-state index contributed by atoms with van der Waals surface area (Å²) in [7, 11) is 0. The molecule has 0 saturated heterocycles. The number of carbonyl (C=O) groups is 3. The number of benzene rings is 2. The SMILES string of the molecule is Cc1ccc(C(C)C)c(OC(=O)CCCCCCCCCNC(=O)Oc2cc(C)ccc2C(C)C)c1.O=C(O)C(F)(F)F. The van der Waals surface area contributed by atoms with Crippen molar-refractivity contribution in [2.75, 3.05) is 6.54 Å². The Labute approximate surface area is 253 Å². The standard InChI is InChI=1S/C31H45NO4.C2HF3O2/c1-22(2)26-17-15-24(5)20-28(26)35-30(33)14-12-10-8-7-9-11-13-19-32-31(34)36-29-21-25(6)16-18-27(29)23(3)4;3-2(4,5)1(6)7/h15-18,20-23H,7-14,19H2,1-6H3,(H,32,34);(H,6,7). The second-order valence-electron chi connectivity index (χ2n) is 11.2. The molecule has 0 fully saturated rings. The molecule has 0 atom stereocenters. The quantitative estimate of drug-likeness (QED) is 0.126. The zero-order chi connectivity index (χ0) is 32.6. The fourth-order valence-corrected chi connectivity index (χ4v) is 4.19. The van der Waals surface area contributed by atoms with Crippen LogP contribution in [0.2, 0.25) is 0 Å². The van der Waals surface area contributed by atoms with Crippen molar-refractivity contribution in [3.05, 3.63) is 58.7 Å². The van der Waals surface area contributed by atoms with Crippen molar-refractivity contribution in [3.63, 3.8) is 0 Å². The van der Waals surface area contributed by atoms with Gasteiger partial charge in [0.2, 0.25) is 0 Å². The van der Waals surface area contributed by atoms with Gasteiger partial charge in [0.1, 0.15) is 11.5 Å². The van der Waals surface area contributed by atoms with Crippen LogP contribution in [-0.4, -0.2) is 35.9 Å². The Bertz CT molecular complexity index is 1100. The van der Waals surface area contributed by atoms with Crippen molar-refractivity contribution >= 4 is 18.0 Å². The Balaban J connectivity index is 0.00000117. The lowest BCUT2D eigenvalue weighted by molar-refractivity contribution is -0.192. The summed E-state index contributed by atoms with van der Waals surface area (Å²) in [5.41, 5.74) is 4.29. The number of alkyl halides is 3. The van der Waals surface area contributed by atoms with E-state index in [1.54, 1.807) is 0 Å². The van der Waals surface area contributed by atoms with Crippen molar-refractivity contribution in [2.45, 2.75) is 111 Å². The molecule has 0 aliphatic carbocycles. The Morgan fingerprint density at radius 2 is 1.16 bits per heavy atom. The molecule has 10 heteroatoms. The van der Waals surface area contributed by atoms with Gasteiger partial charge in [-0.15, -0.1) is 0 Å². The number of aliphatic carboxylic acids is 1. The number of amides is 1. The van der Waals surface area contributed by atoms with Crippen LogP contribution in [0.1, 0.15) is 113 Å². The van der Waals surface area contributed by atoms with Crippen LogP contribution in [0.3, 0.4) is 0 Å². The minimum Gasteiger partial charge on any atom is -0.475 e. The van der Waals surface area contributed by atoms with Crippen LogP contribution in [0, 0.1) is 13.8 Å². The number of hydrogen-bond acceptors (Lipinski definition) is 5. The fourth-order valence-electron chi connectivity index (χ4n) is 4.19. The third kappa shape index (κ3) is 15.5. The van der Waals surface area contributed by atoms with Crippen LogP contribution < -0.4 is 14.8 Å². The van der Waals surface area contributed by atoms with Gasteiger partial charge in [-0.05, 0) is 72.9 Å². The maximum absolute atomic E-state index is 12.3. The van der Waals surface area contributed by atoms with Gasteiger partial charge in [-0.3, -0.25) is 4.79 Å². The number of hydrogen-bond donors (Lipinski definition) is 2. The molecule has 240 valence electrons.